The molecule has 4 rings (SSSR count). The number of amides is 1. The number of carboxylic acids is 1. The van der Waals surface area contributed by atoms with Gasteiger partial charge in [-0.25, -0.2) is 4.79 Å². The summed E-state index contributed by atoms with van der Waals surface area (Å²) < 4.78 is 31.7. The summed E-state index contributed by atoms with van der Waals surface area (Å²) in [5, 5.41) is 9.92. The molecule has 10 heteroatoms. The first-order valence-electron chi connectivity index (χ1n) is 9.46. The Kier molecular flexibility index (Phi) is 6.72. The van der Waals surface area contributed by atoms with E-state index in [9.17, 15) is 22.8 Å². The van der Waals surface area contributed by atoms with Crippen molar-refractivity contribution < 1.29 is 27.9 Å². The minimum absolute atomic E-state index is 0.117. The number of aromatic nitrogens is 2. The van der Waals surface area contributed by atoms with Crippen LogP contribution in [-0.4, -0.2) is 33.1 Å². The van der Waals surface area contributed by atoms with Gasteiger partial charge >= 0.3 is 12.1 Å². The smallest absolute Gasteiger partial charge is 0.475 e. The monoisotopic (exact) mass is 445 g/mol. The second-order valence-electron chi connectivity index (χ2n) is 7.03. The molecular formula is C22H18F3N3O4. The van der Waals surface area contributed by atoms with Gasteiger partial charge in [0.05, 0.1) is 0 Å². The number of anilines is 1. The molecule has 0 spiro atoms. The second kappa shape index (κ2) is 9.46. The molecule has 0 atom stereocenters. The van der Waals surface area contributed by atoms with Gasteiger partial charge in [-0.15, -0.1) is 0 Å². The zero-order chi connectivity index (χ0) is 23.3. The maximum atomic E-state index is 12.6. The number of nitrogens with zero attached hydrogens (tertiary/aromatic N) is 1. The number of carbonyl (C=O) groups is 2. The number of hydrogen-bond acceptors (Lipinski definition) is 4. The van der Waals surface area contributed by atoms with E-state index in [-0.39, 0.29) is 23.1 Å². The summed E-state index contributed by atoms with van der Waals surface area (Å²) in [6.07, 6.45) is 1.36. The largest absolute Gasteiger partial charge is 0.490 e. The van der Waals surface area contributed by atoms with Crippen LogP contribution < -0.4 is 10.9 Å². The van der Waals surface area contributed by atoms with Crippen LogP contribution in [0.25, 0.3) is 11.1 Å². The van der Waals surface area contributed by atoms with Crippen molar-refractivity contribution >= 4 is 17.6 Å². The predicted molar refractivity (Wildman–Crippen MR) is 110 cm³/mol. The highest BCUT2D eigenvalue weighted by molar-refractivity contribution is 5.93. The van der Waals surface area contributed by atoms with Gasteiger partial charge in [0.2, 0.25) is 5.91 Å². The zero-order valence-electron chi connectivity index (χ0n) is 16.5. The van der Waals surface area contributed by atoms with E-state index in [1.165, 1.54) is 11.1 Å². The number of hydrogen-bond donors (Lipinski definition) is 3. The lowest BCUT2D eigenvalue weighted by atomic mass is 10.1. The van der Waals surface area contributed by atoms with Crippen molar-refractivity contribution in [3.8, 4) is 11.1 Å². The van der Waals surface area contributed by atoms with Crippen LogP contribution in [0.15, 0.2) is 65.8 Å². The van der Waals surface area contributed by atoms with E-state index in [0.29, 0.717) is 12.8 Å². The molecule has 0 bridgehead atoms. The molecule has 0 radical (unpaired) electrons. The molecule has 0 unspecified atom stereocenters. The van der Waals surface area contributed by atoms with Crippen LogP contribution in [0.2, 0.25) is 0 Å². The number of H-pyrrole nitrogens is 1. The van der Waals surface area contributed by atoms with Gasteiger partial charge in [0, 0.05) is 30.1 Å². The molecule has 0 fully saturated rings. The van der Waals surface area contributed by atoms with Gasteiger partial charge in [-0.3, -0.25) is 14.6 Å². The summed E-state index contributed by atoms with van der Waals surface area (Å²) in [7, 11) is 0. The van der Waals surface area contributed by atoms with Crippen molar-refractivity contribution in [2.24, 2.45) is 5.92 Å². The average Bonchev–Trinajstić information content (AvgIpc) is 3.20. The first kappa shape index (κ1) is 22.7. The summed E-state index contributed by atoms with van der Waals surface area (Å²) in [6.45, 7) is 0. The fourth-order valence-electron chi connectivity index (χ4n) is 3.27. The van der Waals surface area contributed by atoms with Gasteiger partial charge < -0.3 is 15.4 Å². The molecule has 3 N–H and O–H groups in total. The molecule has 1 aliphatic carbocycles. The quantitative estimate of drug-likeness (QED) is 0.572. The van der Waals surface area contributed by atoms with Crippen molar-refractivity contribution in [3.63, 3.8) is 0 Å². The average molecular weight is 445 g/mol. The Morgan fingerprint density at radius 1 is 1.03 bits per heavy atom. The van der Waals surface area contributed by atoms with Crippen molar-refractivity contribution in [1.82, 2.24) is 9.97 Å². The standard InChI is InChI=1S/C20H17N3O2.C2HF3O2/c24-19(16-9-14-3-1-2-4-15(14)10-16)23-18-11-17(12-22-20(18)25)13-5-7-21-8-6-13;3-2(4,5)1(6)7/h1-8,11-12,16H,9-10H2,(H,22,25)(H,23,24);(H,6,7). The van der Waals surface area contributed by atoms with Crippen LogP contribution in [0, 0.1) is 5.92 Å². The number of rotatable bonds is 3. The number of halogens is 3. The maximum absolute atomic E-state index is 12.6. The van der Waals surface area contributed by atoms with E-state index in [2.05, 4.69) is 27.4 Å². The number of carboxylic acid groups (broad SMARTS) is 1. The molecule has 1 amide bonds. The normalized spacial score (nSPS) is 13.0. The fraction of sp³-hybridized carbons (Fsp3) is 0.182. The molecule has 3 aromatic rings. The van der Waals surface area contributed by atoms with Crippen LogP contribution in [0.3, 0.4) is 0 Å². The highest BCUT2D eigenvalue weighted by Gasteiger charge is 2.38. The fourth-order valence-corrected chi connectivity index (χ4v) is 3.27. The van der Waals surface area contributed by atoms with Gasteiger partial charge in [-0.05, 0) is 47.7 Å². The lowest BCUT2D eigenvalue weighted by Gasteiger charge is -2.11. The van der Waals surface area contributed by atoms with E-state index in [1.54, 1.807) is 24.7 Å². The lowest BCUT2D eigenvalue weighted by Crippen LogP contribution is -2.26. The van der Waals surface area contributed by atoms with Crippen LogP contribution in [0.1, 0.15) is 11.1 Å². The van der Waals surface area contributed by atoms with Crippen molar-refractivity contribution in [1.29, 1.82) is 0 Å². The number of aliphatic carboxylic acids is 1. The second-order valence-corrected chi connectivity index (χ2v) is 7.03. The van der Waals surface area contributed by atoms with Gasteiger partial charge in [0.1, 0.15) is 5.69 Å². The molecule has 0 saturated heterocycles. The van der Waals surface area contributed by atoms with E-state index < -0.39 is 12.1 Å². The Bertz CT molecular complexity index is 1150. The Morgan fingerprint density at radius 2 is 1.59 bits per heavy atom. The Balaban J connectivity index is 0.000000360. The molecule has 1 aromatic carbocycles. The number of alkyl halides is 3. The number of nitrogens with one attached hydrogen (secondary N) is 2. The summed E-state index contributed by atoms with van der Waals surface area (Å²) in [4.78, 5) is 40.3. The molecule has 0 saturated carbocycles. The van der Waals surface area contributed by atoms with Crippen molar-refractivity contribution in [3.05, 3.63) is 82.5 Å². The summed E-state index contributed by atoms with van der Waals surface area (Å²) in [6, 6.07) is 13.5. The summed E-state index contributed by atoms with van der Waals surface area (Å²) in [5.74, 6) is -3.01. The third-order valence-corrected chi connectivity index (χ3v) is 4.84. The number of carbonyl (C=O) groups excluding carboxylic acids is 1. The van der Waals surface area contributed by atoms with Gasteiger partial charge in [0.15, 0.2) is 0 Å². The third kappa shape index (κ3) is 5.60. The zero-order valence-corrected chi connectivity index (χ0v) is 16.5. The molecule has 1 aliphatic rings. The highest BCUT2D eigenvalue weighted by Crippen LogP contribution is 2.27. The number of pyridine rings is 2. The van der Waals surface area contributed by atoms with Crippen LogP contribution in [-0.2, 0) is 22.4 Å². The molecular weight excluding hydrogens is 427 g/mol. The first-order chi connectivity index (χ1) is 15.1. The molecule has 0 aliphatic heterocycles. The van der Waals surface area contributed by atoms with E-state index in [1.807, 2.05) is 24.3 Å². The maximum Gasteiger partial charge on any atom is 0.490 e. The Hall–Kier alpha value is -3.95. The molecule has 2 heterocycles. The van der Waals surface area contributed by atoms with Gasteiger partial charge in [-0.1, -0.05) is 24.3 Å². The molecule has 166 valence electrons. The van der Waals surface area contributed by atoms with Crippen LogP contribution in [0.5, 0.6) is 0 Å². The third-order valence-electron chi connectivity index (χ3n) is 4.84. The number of fused-ring (bicyclic) bond motifs is 1. The van der Waals surface area contributed by atoms with Gasteiger partial charge in [-0.2, -0.15) is 13.2 Å². The highest BCUT2D eigenvalue weighted by atomic mass is 19.4. The minimum Gasteiger partial charge on any atom is -0.475 e. The minimum atomic E-state index is -5.08. The first-order valence-corrected chi connectivity index (χ1v) is 9.46. The number of aromatic amines is 1. The summed E-state index contributed by atoms with van der Waals surface area (Å²) in [5.41, 5.74) is 4.14. The molecule has 7 nitrogen and oxygen atoms in total. The van der Waals surface area contributed by atoms with E-state index in [0.717, 1.165) is 11.1 Å². The van der Waals surface area contributed by atoms with E-state index in [4.69, 9.17) is 9.90 Å². The van der Waals surface area contributed by atoms with E-state index >= 15 is 0 Å². The summed E-state index contributed by atoms with van der Waals surface area (Å²) >= 11 is 0. The van der Waals surface area contributed by atoms with Crippen molar-refractivity contribution in [2.45, 2.75) is 19.0 Å². The lowest BCUT2D eigenvalue weighted by molar-refractivity contribution is -0.192. The number of benzene rings is 1. The Labute approximate surface area is 179 Å². The van der Waals surface area contributed by atoms with Crippen molar-refractivity contribution in [2.75, 3.05) is 5.32 Å². The Morgan fingerprint density at radius 3 is 2.12 bits per heavy atom. The molecule has 2 aromatic heterocycles. The topological polar surface area (TPSA) is 112 Å². The van der Waals surface area contributed by atoms with Crippen LogP contribution >= 0.6 is 0 Å². The van der Waals surface area contributed by atoms with Crippen LogP contribution in [0.4, 0.5) is 18.9 Å². The van der Waals surface area contributed by atoms with Gasteiger partial charge in [0.25, 0.3) is 5.56 Å². The predicted octanol–water partition coefficient (Wildman–Crippen LogP) is 3.42. The SMILES string of the molecule is O=C(Nc1cc(-c2ccncc2)c[nH]c1=O)C1Cc2ccccc2C1.O=C(O)C(F)(F)F. The molecule has 32 heavy (non-hydrogen) atoms.